The van der Waals surface area contributed by atoms with Gasteiger partial charge in [0.15, 0.2) is 37.9 Å². The van der Waals surface area contributed by atoms with Crippen LogP contribution in [0.15, 0.2) is 124 Å². The summed E-state index contributed by atoms with van der Waals surface area (Å²) in [7, 11) is -0.503. The summed E-state index contributed by atoms with van der Waals surface area (Å²) in [6, 6.07) is 32.7. The third-order valence-electron chi connectivity index (χ3n) is 6.05. The predicted octanol–water partition coefficient (Wildman–Crippen LogP) is 8.67. The molecule has 0 aromatic heterocycles. The molecule has 5 heteroatoms. The van der Waals surface area contributed by atoms with E-state index in [2.05, 4.69) is 0 Å². The maximum atomic E-state index is 15.5. The SMILES string of the molecule is CC(C)(Oc1ccc([S+](c2ccccc2)c2ccccc2)cc1F)c1cc(F)c(F)c2ccccc12. The summed E-state index contributed by atoms with van der Waals surface area (Å²) < 4.78 is 50.4. The van der Waals surface area contributed by atoms with E-state index in [-0.39, 0.29) is 11.1 Å². The summed E-state index contributed by atoms with van der Waals surface area (Å²) in [5, 5.41) is 0.683. The average molecular weight is 502 g/mol. The van der Waals surface area contributed by atoms with E-state index in [0.717, 1.165) is 20.8 Å². The topological polar surface area (TPSA) is 9.23 Å². The Labute approximate surface area is 211 Å². The fourth-order valence-corrected chi connectivity index (χ4v) is 6.45. The Bertz CT molecular complexity index is 1480. The molecule has 0 aliphatic heterocycles. The van der Waals surface area contributed by atoms with E-state index in [0.29, 0.717) is 10.9 Å². The second kappa shape index (κ2) is 9.75. The summed E-state index contributed by atoms with van der Waals surface area (Å²) in [4.78, 5) is 2.96. The summed E-state index contributed by atoms with van der Waals surface area (Å²) in [6.07, 6.45) is 0. The molecule has 0 bridgehead atoms. The molecule has 0 unspecified atom stereocenters. The van der Waals surface area contributed by atoms with E-state index >= 15 is 4.39 Å². The van der Waals surface area contributed by atoms with Crippen molar-refractivity contribution in [2.45, 2.75) is 34.1 Å². The first kappa shape index (κ1) is 24.0. The molecule has 0 N–H and O–H groups in total. The van der Waals surface area contributed by atoms with Gasteiger partial charge in [0, 0.05) is 17.0 Å². The predicted molar refractivity (Wildman–Crippen MR) is 139 cm³/mol. The molecular weight excluding hydrogens is 477 g/mol. The third-order valence-corrected chi connectivity index (χ3v) is 8.26. The number of fused-ring (bicyclic) bond motifs is 1. The minimum Gasteiger partial charge on any atom is -0.480 e. The van der Waals surface area contributed by atoms with Gasteiger partial charge in [-0.05, 0) is 61.7 Å². The standard InChI is InChI=1S/C31H24F3OS/c1-31(2,26-20-28(33)30(34)25-16-10-9-15-24(25)26)35-29-18-17-23(19-27(29)32)36(21-11-5-3-6-12-21)22-13-7-4-8-14-22/h3-20H,1-2H3/q+1. The Morgan fingerprint density at radius 1 is 0.583 bits per heavy atom. The first-order chi connectivity index (χ1) is 17.3. The maximum Gasteiger partial charge on any atom is 0.170 e. The number of halogens is 3. The van der Waals surface area contributed by atoms with Crippen molar-refractivity contribution >= 4 is 21.7 Å². The highest BCUT2D eigenvalue weighted by Crippen LogP contribution is 2.38. The van der Waals surface area contributed by atoms with E-state index < -0.39 is 33.9 Å². The van der Waals surface area contributed by atoms with Crippen LogP contribution >= 0.6 is 0 Å². The van der Waals surface area contributed by atoms with Crippen molar-refractivity contribution in [1.29, 1.82) is 0 Å². The lowest BCUT2D eigenvalue weighted by Crippen LogP contribution is -2.26. The third kappa shape index (κ3) is 4.59. The molecule has 0 radical (unpaired) electrons. The Morgan fingerprint density at radius 3 is 1.72 bits per heavy atom. The van der Waals surface area contributed by atoms with Crippen LogP contribution in [0.4, 0.5) is 13.2 Å². The fraction of sp³-hybridized carbons (Fsp3) is 0.0968. The number of ether oxygens (including phenoxy) is 1. The first-order valence-electron chi connectivity index (χ1n) is 11.6. The van der Waals surface area contributed by atoms with Crippen LogP contribution in [0.3, 0.4) is 0 Å². The largest absolute Gasteiger partial charge is 0.480 e. The van der Waals surface area contributed by atoms with E-state index in [1.54, 1.807) is 38.1 Å². The molecule has 0 amide bonds. The Hall–Kier alpha value is -3.70. The Morgan fingerprint density at radius 2 is 1.14 bits per heavy atom. The molecule has 0 fully saturated rings. The van der Waals surface area contributed by atoms with Crippen LogP contribution in [0.2, 0.25) is 0 Å². The molecule has 36 heavy (non-hydrogen) atoms. The molecule has 0 spiro atoms. The molecule has 180 valence electrons. The van der Waals surface area contributed by atoms with Gasteiger partial charge in [0.2, 0.25) is 0 Å². The van der Waals surface area contributed by atoms with Gasteiger partial charge in [-0.25, -0.2) is 13.2 Å². The van der Waals surface area contributed by atoms with Crippen LogP contribution in [0.5, 0.6) is 5.75 Å². The highest BCUT2D eigenvalue weighted by molar-refractivity contribution is 7.97. The van der Waals surface area contributed by atoms with Crippen LogP contribution in [-0.2, 0) is 16.5 Å². The van der Waals surface area contributed by atoms with Crippen molar-refractivity contribution in [1.82, 2.24) is 0 Å². The van der Waals surface area contributed by atoms with Gasteiger partial charge in [-0.2, -0.15) is 0 Å². The Kier molecular flexibility index (Phi) is 6.50. The van der Waals surface area contributed by atoms with Crippen molar-refractivity contribution in [2.75, 3.05) is 0 Å². The molecule has 5 aromatic rings. The molecule has 0 atom stereocenters. The number of benzene rings is 5. The Balaban J connectivity index is 1.53. The molecule has 0 aliphatic rings. The van der Waals surface area contributed by atoms with Gasteiger partial charge in [-0.15, -0.1) is 0 Å². The monoisotopic (exact) mass is 501 g/mol. The molecule has 1 nitrogen and oxygen atoms in total. The number of hydrogen-bond acceptors (Lipinski definition) is 1. The lowest BCUT2D eigenvalue weighted by molar-refractivity contribution is 0.104. The van der Waals surface area contributed by atoms with E-state index in [1.165, 1.54) is 12.1 Å². The van der Waals surface area contributed by atoms with Gasteiger partial charge in [-0.3, -0.25) is 0 Å². The highest BCUT2D eigenvalue weighted by atomic mass is 32.2. The van der Waals surface area contributed by atoms with Crippen LogP contribution in [0.1, 0.15) is 19.4 Å². The van der Waals surface area contributed by atoms with Gasteiger partial charge < -0.3 is 4.74 Å². The summed E-state index contributed by atoms with van der Waals surface area (Å²) in [5.41, 5.74) is -0.689. The average Bonchev–Trinajstić information content (AvgIpc) is 2.89. The van der Waals surface area contributed by atoms with Crippen LogP contribution in [0.25, 0.3) is 10.8 Å². The van der Waals surface area contributed by atoms with Gasteiger partial charge in [0.1, 0.15) is 5.60 Å². The van der Waals surface area contributed by atoms with Crippen LogP contribution < -0.4 is 4.74 Å². The second-order valence-electron chi connectivity index (χ2n) is 8.90. The van der Waals surface area contributed by atoms with Crippen molar-refractivity contribution < 1.29 is 17.9 Å². The quantitative estimate of drug-likeness (QED) is 0.212. The molecule has 0 aliphatic carbocycles. The van der Waals surface area contributed by atoms with Gasteiger partial charge >= 0.3 is 0 Å². The zero-order valence-electron chi connectivity index (χ0n) is 19.8. The molecule has 0 heterocycles. The molecule has 5 rings (SSSR count). The molecule has 0 saturated heterocycles. The lowest BCUT2D eigenvalue weighted by Gasteiger charge is -2.29. The first-order valence-corrected chi connectivity index (χ1v) is 12.8. The number of hydrogen-bond donors (Lipinski definition) is 0. The molecular formula is C31H24F3OS+. The van der Waals surface area contributed by atoms with Crippen LogP contribution in [-0.4, -0.2) is 0 Å². The minimum absolute atomic E-state index is 0.0437. The molecule has 0 saturated carbocycles. The summed E-state index contributed by atoms with van der Waals surface area (Å²) in [6.45, 7) is 3.44. The minimum atomic E-state index is -1.13. The fourth-order valence-electron chi connectivity index (χ4n) is 4.35. The smallest absolute Gasteiger partial charge is 0.170 e. The van der Waals surface area contributed by atoms with E-state index in [9.17, 15) is 8.78 Å². The summed E-state index contributed by atoms with van der Waals surface area (Å²) in [5.74, 6) is -2.35. The highest BCUT2D eigenvalue weighted by Gasteiger charge is 2.32. The zero-order chi connectivity index (χ0) is 25.3. The van der Waals surface area contributed by atoms with Gasteiger partial charge in [0.05, 0.1) is 10.9 Å². The van der Waals surface area contributed by atoms with Crippen molar-refractivity contribution in [2.24, 2.45) is 0 Å². The van der Waals surface area contributed by atoms with Gasteiger partial charge in [-0.1, -0.05) is 60.7 Å². The second-order valence-corrected chi connectivity index (χ2v) is 10.9. The van der Waals surface area contributed by atoms with E-state index in [4.69, 9.17) is 4.74 Å². The van der Waals surface area contributed by atoms with Gasteiger partial charge in [0.25, 0.3) is 0 Å². The molecule has 5 aromatic carbocycles. The van der Waals surface area contributed by atoms with Crippen molar-refractivity contribution in [3.8, 4) is 5.75 Å². The lowest BCUT2D eigenvalue weighted by atomic mass is 9.91. The van der Waals surface area contributed by atoms with Crippen molar-refractivity contribution in [3.05, 3.63) is 132 Å². The maximum absolute atomic E-state index is 15.5. The zero-order valence-corrected chi connectivity index (χ0v) is 20.7. The van der Waals surface area contributed by atoms with E-state index in [1.807, 2.05) is 66.7 Å². The van der Waals surface area contributed by atoms with Crippen LogP contribution in [0, 0.1) is 17.5 Å². The normalized spacial score (nSPS) is 11.7. The summed E-state index contributed by atoms with van der Waals surface area (Å²) >= 11 is 0. The number of rotatable bonds is 6. The van der Waals surface area contributed by atoms with Crippen molar-refractivity contribution in [3.63, 3.8) is 0 Å².